The van der Waals surface area contributed by atoms with Gasteiger partial charge in [0.05, 0.1) is 19.1 Å². The molecule has 3 rings (SSSR count). The zero-order chi connectivity index (χ0) is 19.4. The SMILES string of the molecule is CCc1ccc(-c2noc(N)c2C(=O)NCc2ccc(OC)c(OC)c2)s1. The summed E-state index contributed by atoms with van der Waals surface area (Å²) < 4.78 is 15.6. The van der Waals surface area contributed by atoms with Crippen LogP contribution in [-0.2, 0) is 13.0 Å². The largest absolute Gasteiger partial charge is 0.493 e. The summed E-state index contributed by atoms with van der Waals surface area (Å²) in [5.74, 6) is 0.883. The fraction of sp³-hybridized carbons (Fsp3) is 0.263. The minimum absolute atomic E-state index is 0.00117. The molecule has 0 saturated carbocycles. The molecule has 0 aliphatic carbocycles. The van der Waals surface area contributed by atoms with E-state index in [1.807, 2.05) is 24.3 Å². The Kier molecular flexibility index (Phi) is 5.66. The van der Waals surface area contributed by atoms with Gasteiger partial charge in [-0.15, -0.1) is 11.3 Å². The number of nitrogen functional groups attached to an aromatic ring is 1. The first-order valence-electron chi connectivity index (χ1n) is 8.40. The number of amides is 1. The van der Waals surface area contributed by atoms with E-state index < -0.39 is 0 Å². The number of carbonyl (C=O) groups is 1. The Labute approximate surface area is 161 Å². The lowest BCUT2D eigenvalue weighted by atomic mass is 10.1. The number of thiophene rings is 1. The average Bonchev–Trinajstić information content (AvgIpc) is 3.32. The number of ether oxygens (including phenoxy) is 2. The van der Waals surface area contributed by atoms with Crippen molar-refractivity contribution in [2.45, 2.75) is 19.9 Å². The highest BCUT2D eigenvalue weighted by molar-refractivity contribution is 7.15. The number of benzene rings is 1. The zero-order valence-electron chi connectivity index (χ0n) is 15.4. The molecule has 0 aliphatic heterocycles. The Morgan fingerprint density at radius 3 is 2.67 bits per heavy atom. The van der Waals surface area contributed by atoms with Gasteiger partial charge in [0.1, 0.15) is 11.3 Å². The van der Waals surface area contributed by atoms with E-state index >= 15 is 0 Å². The summed E-state index contributed by atoms with van der Waals surface area (Å²) in [7, 11) is 3.14. The molecule has 0 saturated heterocycles. The lowest BCUT2D eigenvalue weighted by Crippen LogP contribution is -2.23. The predicted molar refractivity (Wildman–Crippen MR) is 104 cm³/mol. The molecular weight excluding hydrogens is 366 g/mol. The first kappa shape index (κ1) is 18.8. The standard InChI is InChI=1S/C19H21N3O4S/c1-4-12-6-8-15(27-12)17-16(18(20)26-22-17)19(23)21-10-11-5-7-13(24-2)14(9-11)25-3/h5-9H,4,10,20H2,1-3H3,(H,21,23). The molecule has 2 aromatic heterocycles. The molecule has 0 spiro atoms. The fourth-order valence-electron chi connectivity index (χ4n) is 2.65. The van der Waals surface area contributed by atoms with Gasteiger partial charge in [-0.1, -0.05) is 18.1 Å². The van der Waals surface area contributed by atoms with Crippen molar-refractivity contribution in [1.82, 2.24) is 10.5 Å². The summed E-state index contributed by atoms with van der Waals surface area (Å²) in [4.78, 5) is 14.8. The Bertz CT molecular complexity index is 948. The third kappa shape index (κ3) is 3.90. The van der Waals surface area contributed by atoms with Crippen LogP contribution in [0.15, 0.2) is 34.9 Å². The minimum Gasteiger partial charge on any atom is -0.493 e. The second-order valence-electron chi connectivity index (χ2n) is 5.76. The lowest BCUT2D eigenvalue weighted by Gasteiger charge is -2.10. The normalized spacial score (nSPS) is 10.6. The van der Waals surface area contributed by atoms with Crippen LogP contribution in [0, 0.1) is 0 Å². The maximum Gasteiger partial charge on any atom is 0.259 e. The molecular formula is C19H21N3O4S. The van der Waals surface area contributed by atoms with Gasteiger partial charge in [0.2, 0.25) is 5.88 Å². The van der Waals surface area contributed by atoms with Crippen molar-refractivity contribution in [1.29, 1.82) is 0 Å². The molecule has 7 nitrogen and oxygen atoms in total. The van der Waals surface area contributed by atoms with Gasteiger partial charge >= 0.3 is 0 Å². The van der Waals surface area contributed by atoms with E-state index in [1.165, 1.54) is 4.88 Å². The van der Waals surface area contributed by atoms with Crippen LogP contribution >= 0.6 is 11.3 Å². The third-order valence-electron chi connectivity index (χ3n) is 4.09. The van der Waals surface area contributed by atoms with Crippen molar-refractivity contribution in [3.05, 3.63) is 46.3 Å². The van der Waals surface area contributed by atoms with Gasteiger partial charge in [-0.3, -0.25) is 4.79 Å². The Morgan fingerprint density at radius 1 is 1.22 bits per heavy atom. The van der Waals surface area contributed by atoms with Crippen LogP contribution in [0.3, 0.4) is 0 Å². The molecule has 0 unspecified atom stereocenters. The quantitative estimate of drug-likeness (QED) is 0.644. The summed E-state index contributed by atoms with van der Waals surface area (Å²) in [6, 6.07) is 9.38. The second kappa shape index (κ2) is 8.13. The molecule has 0 aliphatic rings. The minimum atomic E-state index is -0.343. The second-order valence-corrected chi connectivity index (χ2v) is 6.93. The monoisotopic (exact) mass is 387 g/mol. The van der Waals surface area contributed by atoms with E-state index in [9.17, 15) is 4.79 Å². The molecule has 0 bridgehead atoms. The van der Waals surface area contributed by atoms with Gasteiger partial charge < -0.3 is 25.0 Å². The van der Waals surface area contributed by atoms with Gasteiger partial charge in [0, 0.05) is 11.4 Å². The van der Waals surface area contributed by atoms with Crippen LogP contribution in [0.2, 0.25) is 0 Å². The van der Waals surface area contributed by atoms with E-state index in [0.717, 1.165) is 16.9 Å². The lowest BCUT2D eigenvalue weighted by molar-refractivity contribution is 0.0952. The average molecular weight is 387 g/mol. The number of aromatic nitrogens is 1. The number of aryl methyl sites for hydroxylation is 1. The molecule has 27 heavy (non-hydrogen) atoms. The molecule has 0 fully saturated rings. The topological polar surface area (TPSA) is 99.6 Å². The third-order valence-corrected chi connectivity index (χ3v) is 5.33. The van der Waals surface area contributed by atoms with E-state index in [1.54, 1.807) is 31.6 Å². The predicted octanol–water partition coefficient (Wildman–Crippen LogP) is 3.49. The van der Waals surface area contributed by atoms with E-state index in [0.29, 0.717) is 23.7 Å². The Hall–Kier alpha value is -3.00. The van der Waals surface area contributed by atoms with Crippen molar-refractivity contribution < 1.29 is 18.8 Å². The molecule has 3 aromatic rings. The van der Waals surface area contributed by atoms with Crippen molar-refractivity contribution >= 4 is 23.1 Å². The Morgan fingerprint density at radius 2 is 2.00 bits per heavy atom. The summed E-state index contributed by atoms with van der Waals surface area (Å²) in [6.45, 7) is 2.37. The van der Waals surface area contributed by atoms with Gasteiger partial charge in [-0.25, -0.2) is 0 Å². The molecule has 2 heterocycles. The molecule has 1 amide bonds. The smallest absolute Gasteiger partial charge is 0.259 e. The van der Waals surface area contributed by atoms with E-state index in [-0.39, 0.29) is 17.4 Å². The van der Waals surface area contributed by atoms with E-state index in [4.69, 9.17) is 19.7 Å². The summed E-state index contributed by atoms with van der Waals surface area (Å²) in [6.07, 6.45) is 0.916. The number of carbonyl (C=O) groups excluding carboxylic acids is 1. The van der Waals surface area contributed by atoms with Crippen LogP contribution in [0.25, 0.3) is 10.6 Å². The molecule has 3 N–H and O–H groups in total. The van der Waals surface area contributed by atoms with Crippen molar-refractivity contribution in [3.63, 3.8) is 0 Å². The highest BCUT2D eigenvalue weighted by Crippen LogP contribution is 2.33. The summed E-state index contributed by atoms with van der Waals surface area (Å²) in [5, 5.41) is 6.82. The van der Waals surface area contributed by atoms with Crippen LogP contribution in [-0.4, -0.2) is 25.3 Å². The number of hydrogen-bond donors (Lipinski definition) is 2. The number of anilines is 1. The van der Waals surface area contributed by atoms with E-state index in [2.05, 4.69) is 17.4 Å². The van der Waals surface area contributed by atoms with Crippen LogP contribution in [0.1, 0.15) is 27.7 Å². The number of methoxy groups -OCH3 is 2. The maximum absolute atomic E-state index is 12.7. The highest BCUT2D eigenvalue weighted by atomic mass is 32.1. The van der Waals surface area contributed by atoms with Crippen molar-refractivity contribution in [3.8, 4) is 22.1 Å². The van der Waals surface area contributed by atoms with Gasteiger partial charge in [0.25, 0.3) is 5.91 Å². The first-order chi connectivity index (χ1) is 13.1. The Balaban J connectivity index is 1.78. The zero-order valence-corrected chi connectivity index (χ0v) is 16.2. The molecule has 142 valence electrons. The van der Waals surface area contributed by atoms with Gasteiger partial charge in [0.15, 0.2) is 11.5 Å². The van der Waals surface area contributed by atoms with Gasteiger partial charge in [-0.05, 0) is 36.2 Å². The highest BCUT2D eigenvalue weighted by Gasteiger charge is 2.23. The fourth-order valence-corrected chi connectivity index (χ4v) is 3.58. The maximum atomic E-state index is 12.7. The summed E-state index contributed by atoms with van der Waals surface area (Å²) >= 11 is 1.57. The molecule has 1 aromatic carbocycles. The number of rotatable bonds is 7. The van der Waals surface area contributed by atoms with Crippen LogP contribution in [0.4, 0.5) is 5.88 Å². The van der Waals surface area contributed by atoms with Gasteiger partial charge in [-0.2, -0.15) is 0 Å². The number of hydrogen-bond acceptors (Lipinski definition) is 7. The van der Waals surface area contributed by atoms with Crippen LogP contribution < -0.4 is 20.5 Å². The van der Waals surface area contributed by atoms with Crippen LogP contribution in [0.5, 0.6) is 11.5 Å². The molecule has 0 radical (unpaired) electrons. The molecule has 0 atom stereocenters. The number of nitrogens with one attached hydrogen (secondary N) is 1. The van der Waals surface area contributed by atoms with Crippen molar-refractivity contribution in [2.75, 3.05) is 20.0 Å². The molecule has 8 heteroatoms. The first-order valence-corrected chi connectivity index (χ1v) is 9.22. The number of nitrogens with zero attached hydrogens (tertiary/aromatic N) is 1. The summed E-state index contributed by atoms with van der Waals surface area (Å²) in [5.41, 5.74) is 7.42. The number of nitrogens with two attached hydrogens (primary N) is 1. The van der Waals surface area contributed by atoms with Crippen molar-refractivity contribution in [2.24, 2.45) is 0 Å².